The number of amides is 1. The Balaban J connectivity index is 2.31. The van der Waals surface area contributed by atoms with Crippen LogP contribution in [0.25, 0.3) is 0 Å². The summed E-state index contributed by atoms with van der Waals surface area (Å²) in [5.74, 6) is -0.408. The molecule has 2 atom stereocenters. The van der Waals surface area contributed by atoms with Gasteiger partial charge in [0, 0.05) is 6.04 Å². The maximum Gasteiger partial charge on any atom is 0.269 e. The topological polar surface area (TPSA) is 20.3 Å². The number of nitrogens with zero attached hydrogens (tertiary/aromatic N) is 1. The first-order valence-corrected chi connectivity index (χ1v) is 6.22. The van der Waals surface area contributed by atoms with Crippen LogP contribution in [0.2, 0.25) is 0 Å². The number of hydrogen-bond acceptors (Lipinski definition) is 2. The highest BCUT2D eigenvalue weighted by Gasteiger charge is 2.42. The Morgan fingerprint density at radius 2 is 1.94 bits per heavy atom. The van der Waals surface area contributed by atoms with E-state index in [2.05, 4.69) is 0 Å². The van der Waals surface area contributed by atoms with E-state index in [4.69, 9.17) is 0 Å². The summed E-state index contributed by atoms with van der Waals surface area (Å²) < 4.78 is 13.4. The van der Waals surface area contributed by atoms with Crippen molar-refractivity contribution in [3.8, 4) is 0 Å². The molecule has 0 spiro atoms. The molecule has 0 N–H and O–H groups in total. The lowest BCUT2D eigenvalue weighted by molar-refractivity contribution is -0.134. The fourth-order valence-electron chi connectivity index (χ4n) is 1.85. The van der Waals surface area contributed by atoms with Gasteiger partial charge >= 0.3 is 0 Å². The summed E-state index contributed by atoms with van der Waals surface area (Å²) in [5.41, 5.74) is -0.442. The number of carbonyl (C=O) groups excluding carboxylic acids is 1. The normalized spacial score (nSPS) is 25.5. The molecule has 2 rings (SSSR count). The minimum absolute atomic E-state index is 0.0194. The van der Waals surface area contributed by atoms with E-state index in [1.807, 2.05) is 44.2 Å². The maximum atomic E-state index is 13.4. The van der Waals surface area contributed by atoms with Crippen molar-refractivity contribution in [2.75, 3.05) is 0 Å². The van der Waals surface area contributed by atoms with E-state index < -0.39 is 11.4 Å². The van der Waals surface area contributed by atoms with Gasteiger partial charge in [-0.05, 0) is 19.4 Å². The number of hydrogen-bond donors (Lipinski definition) is 0. The summed E-state index contributed by atoms with van der Waals surface area (Å²) in [4.78, 5) is 13.3. The van der Waals surface area contributed by atoms with Crippen molar-refractivity contribution < 1.29 is 9.18 Å². The number of alkyl halides is 1. The monoisotopic (exact) mass is 239 g/mol. The van der Waals surface area contributed by atoms with Crippen LogP contribution in [-0.4, -0.2) is 22.4 Å². The number of benzene rings is 1. The number of rotatable bonds is 2. The van der Waals surface area contributed by atoms with Crippen molar-refractivity contribution in [1.82, 2.24) is 4.90 Å². The highest BCUT2D eigenvalue weighted by atomic mass is 32.2. The molecule has 0 radical (unpaired) electrons. The average Bonchev–Trinajstić information content (AvgIpc) is 2.57. The summed E-state index contributed by atoms with van der Waals surface area (Å²) in [6.07, 6.45) is 0. The molecule has 16 heavy (non-hydrogen) atoms. The molecule has 0 bridgehead atoms. The van der Waals surface area contributed by atoms with E-state index in [0.717, 1.165) is 17.3 Å². The van der Waals surface area contributed by atoms with Gasteiger partial charge in [0.1, 0.15) is 5.37 Å². The molecule has 0 aromatic heterocycles. The van der Waals surface area contributed by atoms with Gasteiger partial charge in [-0.25, -0.2) is 4.39 Å². The third-order valence-electron chi connectivity index (χ3n) is 2.59. The van der Waals surface area contributed by atoms with Crippen molar-refractivity contribution >= 4 is 17.7 Å². The van der Waals surface area contributed by atoms with Gasteiger partial charge in [0.2, 0.25) is 5.50 Å². The Labute approximate surface area is 98.8 Å². The van der Waals surface area contributed by atoms with E-state index >= 15 is 0 Å². The predicted molar refractivity (Wildman–Crippen MR) is 63.7 cm³/mol. The lowest BCUT2D eigenvalue weighted by Crippen LogP contribution is -2.35. The summed E-state index contributed by atoms with van der Waals surface area (Å²) in [6.45, 7) is 3.82. The zero-order chi connectivity index (χ0) is 11.7. The Morgan fingerprint density at radius 3 is 2.50 bits per heavy atom. The lowest BCUT2D eigenvalue weighted by Gasteiger charge is -2.27. The minimum Gasteiger partial charge on any atom is -0.321 e. The van der Waals surface area contributed by atoms with Crippen molar-refractivity contribution in [2.45, 2.75) is 30.8 Å². The van der Waals surface area contributed by atoms with Gasteiger partial charge in [0.25, 0.3) is 5.91 Å². The van der Waals surface area contributed by atoms with Crippen molar-refractivity contribution in [3.05, 3.63) is 35.9 Å². The maximum absolute atomic E-state index is 13.4. The summed E-state index contributed by atoms with van der Waals surface area (Å²) >= 11 is 1.07. The standard InChI is InChI=1S/C12H14FNOS/c1-8(2)14-11(15)10(13)16-12(14)9-6-4-3-5-7-9/h3-8,10,12H,1-2H3/t10-,12+/m1/s1. The fourth-order valence-corrected chi connectivity index (χ4v) is 3.11. The highest BCUT2D eigenvalue weighted by Crippen LogP contribution is 2.44. The molecule has 0 saturated carbocycles. The Kier molecular flexibility index (Phi) is 3.19. The average molecular weight is 239 g/mol. The third-order valence-corrected chi connectivity index (χ3v) is 3.79. The molecule has 1 fully saturated rings. The van der Waals surface area contributed by atoms with Crippen LogP contribution in [-0.2, 0) is 4.79 Å². The van der Waals surface area contributed by atoms with E-state index in [9.17, 15) is 9.18 Å². The minimum atomic E-state index is -1.42. The molecule has 1 amide bonds. The van der Waals surface area contributed by atoms with Gasteiger partial charge in [-0.2, -0.15) is 0 Å². The Morgan fingerprint density at radius 1 is 1.31 bits per heavy atom. The van der Waals surface area contributed by atoms with Crippen LogP contribution < -0.4 is 0 Å². The van der Waals surface area contributed by atoms with E-state index in [-0.39, 0.29) is 11.4 Å². The molecule has 4 heteroatoms. The molecular formula is C12H14FNOS. The van der Waals surface area contributed by atoms with Gasteiger partial charge < -0.3 is 4.90 Å². The molecule has 1 aromatic rings. The predicted octanol–water partition coefficient (Wildman–Crippen LogP) is 2.96. The summed E-state index contributed by atoms with van der Waals surface area (Å²) in [7, 11) is 0. The van der Waals surface area contributed by atoms with Crippen molar-refractivity contribution in [2.24, 2.45) is 0 Å². The van der Waals surface area contributed by atoms with Crippen LogP contribution >= 0.6 is 11.8 Å². The summed E-state index contributed by atoms with van der Waals surface area (Å²) in [6, 6.07) is 9.61. The number of carbonyl (C=O) groups is 1. The first-order chi connectivity index (χ1) is 7.61. The second-order valence-corrected chi connectivity index (χ2v) is 5.19. The van der Waals surface area contributed by atoms with Crippen LogP contribution in [0.4, 0.5) is 4.39 Å². The molecular weight excluding hydrogens is 225 g/mol. The van der Waals surface area contributed by atoms with Gasteiger partial charge in [-0.3, -0.25) is 4.79 Å². The molecule has 0 aliphatic carbocycles. The largest absolute Gasteiger partial charge is 0.321 e. The van der Waals surface area contributed by atoms with Gasteiger partial charge in [-0.15, -0.1) is 0 Å². The molecule has 1 saturated heterocycles. The van der Waals surface area contributed by atoms with Gasteiger partial charge in [0.05, 0.1) is 0 Å². The number of halogens is 1. The van der Waals surface area contributed by atoms with E-state index in [1.54, 1.807) is 4.90 Å². The second-order valence-electron chi connectivity index (χ2n) is 4.05. The highest BCUT2D eigenvalue weighted by molar-refractivity contribution is 8.01. The molecule has 0 unspecified atom stereocenters. The molecule has 2 nitrogen and oxygen atoms in total. The third kappa shape index (κ3) is 1.94. The lowest BCUT2D eigenvalue weighted by atomic mass is 10.2. The van der Waals surface area contributed by atoms with Crippen molar-refractivity contribution in [3.63, 3.8) is 0 Å². The molecule has 1 aliphatic heterocycles. The zero-order valence-corrected chi connectivity index (χ0v) is 10.1. The SMILES string of the molecule is CC(C)N1C(=O)[C@H](F)S[C@H]1c1ccccc1. The zero-order valence-electron chi connectivity index (χ0n) is 9.26. The van der Waals surface area contributed by atoms with Crippen LogP contribution in [0.5, 0.6) is 0 Å². The number of thioether (sulfide) groups is 1. The fraction of sp³-hybridized carbons (Fsp3) is 0.417. The second kappa shape index (κ2) is 4.45. The smallest absolute Gasteiger partial charge is 0.269 e. The Bertz CT molecular complexity index is 382. The van der Waals surface area contributed by atoms with Gasteiger partial charge in [0.15, 0.2) is 0 Å². The van der Waals surface area contributed by atoms with Crippen molar-refractivity contribution in [1.29, 1.82) is 0 Å². The van der Waals surface area contributed by atoms with Crippen LogP contribution in [0.1, 0.15) is 24.8 Å². The molecule has 86 valence electrons. The molecule has 1 aliphatic rings. The van der Waals surface area contributed by atoms with Crippen LogP contribution in [0.3, 0.4) is 0 Å². The first-order valence-electron chi connectivity index (χ1n) is 5.28. The van der Waals surface area contributed by atoms with E-state index in [0.29, 0.717) is 0 Å². The van der Waals surface area contributed by atoms with Crippen LogP contribution in [0, 0.1) is 0 Å². The van der Waals surface area contributed by atoms with E-state index in [1.165, 1.54) is 0 Å². The quantitative estimate of drug-likeness (QED) is 0.790. The molecule has 1 heterocycles. The first kappa shape index (κ1) is 11.5. The Hall–Kier alpha value is -1.03. The summed E-state index contributed by atoms with van der Waals surface area (Å²) in [5, 5.41) is -0.191. The van der Waals surface area contributed by atoms with Crippen LogP contribution in [0.15, 0.2) is 30.3 Å². The van der Waals surface area contributed by atoms with Gasteiger partial charge in [-0.1, -0.05) is 42.1 Å². The molecule has 1 aromatic carbocycles.